The van der Waals surface area contributed by atoms with Crippen molar-refractivity contribution in [1.82, 2.24) is 0 Å². The van der Waals surface area contributed by atoms with Gasteiger partial charge in [0.25, 0.3) is 16.0 Å². The van der Waals surface area contributed by atoms with Gasteiger partial charge in [0.15, 0.2) is 17.2 Å². The third-order valence-electron chi connectivity index (χ3n) is 4.21. The minimum absolute atomic E-state index is 0.109. The molecule has 1 amide bonds. The van der Waals surface area contributed by atoms with Gasteiger partial charge in [-0.15, -0.1) is 0 Å². The average molecular weight is 347 g/mol. The smallest absolute Gasteiger partial charge is 0.270 e. The van der Waals surface area contributed by atoms with Crippen LogP contribution in [0.4, 0.5) is 8.78 Å². The second-order valence-corrected chi connectivity index (χ2v) is 8.09. The first-order valence-electron chi connectivity index (χ1n) is 7.29. The van der Waals surface area contributed by atoms with E-state index < -0.39 is 44.4 Å². The Bertz CT molecular complexity index is 720. The van der Waals surface area contributed by atoms with Crippen molar-refractivity contribution in [3.63, 3.8) is 0 Å². The van der Waals surface area contributed by atoms with Crippen molar-refractivity contribution >= 4 is 16.0 Å². The molecule has 1 aliphatic rings. The minimum atomic E-state index is -4.01. The molecular weight excluding hydrogens is 328 g/mol. The molecule has 2 rings (SSSR count). The number of nitrogens with two attached hydrogens (primary N) is 1. The Hall–Kier alpha value is -1.54. The van der Waals surface area contributed by atoms with E-state index >= 15 is 0 Å². The van der Waals surface area contributed by atoms with Crippen LogP contribution >= 0.6 is 0 Å². The van der Waals surface area contributed by atoms with Crippen LogP contribution in [0, 0.1) is 11.6 Å². The maximum absolute atomic E-state index is 13.5. The maximum Gasteiger partial charge on any atom is 0.270 e. The molecule has 0 aromatic heterocycles. The monoisotopic (exact) mass is 347 g/mol. The van der Waals surface area contributed by atoms with Gasteiger partial charge < -0.3 is 5.73 Å². The lowest BCUT2D eigenvalue weighted by molar-refractivity contribution is -0.134. The molecule has 1 aliphatic carbocycles. The molecule has 128 valence electrons. The number of hydrogen-bond acceptors (Lipinski definition) is 4. The normalized spacial score (nSPS) is 25.0. The fourth-order valence-corrected chi connectivity index (χ4v) is 3.77. The number of hydrogen-bond donors (Lipinski definition) is 1. The van der Waals surface area contributed by atoms with E-state index in [4.69, 9.17) is 9.92 Å². The van der Waals surface area contributed by atoms with Crippen LogP contribution in [0.1, 0.15) is 44.6 Å². The zero-order chi connectivity index (χ0) is 17.4. The first kappa shape index (κ1) is 17.8. The van der Waals surface area contributed by atoms with Crippen molar-refractivity contribution in [1.29, 1.82) is 0 Å². The lowest BCUT2D eigenvalue weighted by Crippen LogP contribution is -2.50. The lowest BCUT2D eigenvalue weighted by Gasteiger charge is -2.32. The molecule has 1 aromatic carbocycles. The van der Waals surface area contributed by atoms with E-state index in [0.717, 1.165) is 12.1 Å². The van der Waals surface area contributed by atoms with Crippen LogP contribution in [0.5, 0.6) is 0 Å². The van der Waals surface area contributed by atoms with Crippen LogP contribution in [0.2, 0.25) is 0 Å². The summed E-state index contributed by atoms with van der Waals surface area (Å²) in [4.78, 5) is 12.0. The van der Waals surface area contributed by atoms with Gasteiger partial charge in [-0.25, -0.2) is 8.78 Å². The van der Waals surface area contributed by atoms with Crippen molar-refractivity contribution in [2.45, 2.75) is 49.9 Å². The molecule has 2 N–H and O–H groups in total. The van der Waals surface area contributed by atoms with Crippen LogP contribution in [0.25, 0.3) is 0 Å². The molecule has 0 aliphatic heterocycles. The molecule has 2 atom stereocenters. The lowest BCUT2D eigenvalue weighted by atomic mass is 9.84. The van der Waals surface area contributed by atoms with Crippen LogP contribution < -0.4 is 5.73 Å². The zero-order valence-corrected chi connectivity index (χ0v) is 13.7. The molecule has 1 aromatic rings. The summed E-state index contributed by atoms with van der Waals surface area (Å²) in [5, 5.41) is -0.857. The van der Waals surface area contributed by atoms with Crippen LogP contribution in [-0.2, 0) is 19.1 Å². The van der Waals surface area contributed by atoms with Crippen LogP contribution in [-0.4, -0.2) is 25.2 Å². The topological polar surface area (TPSA) is 86.5 Å². The van der Waals surface area contributed by atoms with Crippen molar-refractivity contribution in [3.8, 4) is 0 Å². The largest absolute Gasteiger partial charge is 0.367 e. The van der Waals surface area contributed by atoms with Gasteiger partial charge in [0, 0.05) is 5.92 Å². The van der Waals surface area contributed by atoms with E-state index in [-0.39, 0.29) is 6.42 Å². The SMILES string of the molecule is CC(C)S(=O)(=O)OC1(C(N)=O)CCCC1c1ccc(F)c(F)c1. The molecule has 8 heteroatoms. The van der Waals surface area contributed by atoms with E-state index in [1.165, 1.54) is 19.9 Å². The van der Waals surface area contributed by atoms with Crippen LogP contribution in [0.15, 0.2) is 18.2 Å². The maximum atomic E-state index is 13.5. The Labute approximate surface area is 133 Å². The van der Waals surface area contributed by atoms with Gasteiger partial charge in [-0.1, -0.05) is 6.07 Å². The molecule has 2 unspecified atom stereocenters. The zero-order valence-electron chi connectivity index (χ0n) is 12.9. The molecule has 23 heavy (non-hydrogen) atoms. The standard InChI is InChI=1S/C15H19F2NO4S/c1-9(2)23(20,21)22-15(14(18)19)7-3-4-11(15)10-5-6-12(16)13(17)8-10/h5-6,8-9,11H,3-4,7H2,1-2H3,(H2,18,19). The number of carbonyl (C=O) groups excluding carboxylic acids is 1. The fourth-order valence-electron chi connectivity index (χ4n) is 2.88. The summed E-state index contributed by atoms with van der Waals surface area (Å²) in [6, 6.07) is 3.21. The minimum Gasteiger partial charge on any atom is -0.367 e. The van der Waals surface area contributed by atoms with Crippen molar-refractivity contribution in [3.05, 3.63) is 35.4 Å². The molecule has 0 spiro atoms. The highest BCUT2D eigenvalue weighted by atomic mass is 32.2. The molecule has 1 fully saturated rings. The Morgan fingerprint density at radius 2 is 2.00 bits per heavy atom. The quantitative estimate of drug-likeness (QED) is 0.828. The first-order valence-corrected chi connectivity index (χ1v) is 8.76. The highest BCUT2D eigenvalue weighted by Crippen LogP contribution is 2.46. The molecule has 5 nitrogen and oxygen atoms in total. The number of carbonyl (C=O) groups is 1. The summed E-state index contributed by atoms with van der Waals surface area (Å²) in [5.41, 5.74) is 3.96. The number of amides is 1. The number of rotatable bonds is 5. The summed E-state index contributed by atoms with van der Waals surface area (Å²) in [7, 11) is -4.01. The molecule has 0 heterocycles. The van der Waals surface area contributed by atoms with Gasteiger partial charge in [0.1, 0.15) is 0 Å². The van der Waals surface area contributed by atoms with E-state index in [9.17, 15) is 22.0 Å². The van der Waals surface area contributed by atoms with Gasteiger partial charge in [-0.05, 0) is 50.8 Å². The highest BCUT2D eigenvalue weighted by molar-refractivity contribution is 7.87. The Morgan fingerprint density at radius 3 is 2.52 bits per heavy atom. The van der Waals surface area contributed by atoms with Crippen molar-refractivity contribution in [2.24, 2.45) is 5.73 Å². The molecule has 0 bridgehead atoms. The molecule has 1 saturated carbocycles. The summed E-state index contributed by atoms with van der Waals surface area (Å²) in [6.07, 6.45) is 0.986. The molecule has 0 radical (unpaired) electrons. The molecule has 0 saturated heterocycles. The van der Waals surface area contributed by atoms with Gasteiger partial charge >= 0.3 is 0 Å². The van der Waals surface area contributed by atoms with E-state index in [1.54, 1.807) is 0 Å². The molecular formula is C15H19F2NO4S. The number of primary amides is 1. The number of halogens is 2. The van der Waals surface area contributed by atoms with E-state index in [2.05, 4.69) is 0 Å². The predicted molar refractivity (Wildman–Crippen MR) is 80.0 cm³/mol. The predicted octanol–water partition coefficient (Wildman–Crippen LogP) is 2.21. The van der Waals surface area contributed by atoms with Crippen molar-refractivity contribution < 1.29 is 26.2 Å². The van der Waals surface area contributed by atoms with E-state index in [1.807, 2.05) is 0 Å². The number of benzene rings is 1. The van der Waals surface area contributed by atoms with Gasteiger partial charge in [-0.2, -0.15) is 8.42 Å². The van der Waals surface area contributed by atoms with Gasteiger partial charge in [-0.3, -0.25) is 8.98 Å². The van der Waals surface area contributed by atoms with Crippen LogP contribution in [0.3, 0.4) is 0 Å². The second-order valence-electron chi connectivity index (χ2n) is 6.00. The van der Waals surface area contributed by atoms with Gasteiger partial charge in [0.05, 0.1) is 5.25 Å². The highest BCUT2D eigenvalue weighted by Gasteiger charge is 2.53. The summed E-state index contributed by atoms with van der Waals surface area (Å²) >= 11 is 0. The Balaban J connectivity index is 2.49. The summed E-state index contributed by atoms with van der Waals surface area (Å²) < 4.78 is 56.1. The van der Waals surface area contributed by atoms with Gasteiger partial charge in [0.2, 0.25) is 0 Å². The summed E-state index contributed by atoms with van der Waals surface area (Å²) in [6.45, 7) is 2.84. The third kappa shape index (κ3) is 3.23. The Morgan fingerprint density at radius 1 is 1.35 bits per heavy atom. The average Bonchev–Trinajstić information content (AvgIpc) is 2.86. The Kier molecular flexibility index (Phi) is 4.77. The third-order valence-corrected chi connectivity index (χ3v) is 5.89. The summed E-state index contributed by atoms with van der Waals surface area (Å²) in [5.74, 6) is -3.76. The first-order chi connectivity index (χ1) is 10.6. The fraction of sp³-hybridized carbons (Fsp3) is 0.533. The second kappa shape index (κ2) is 6.16. The van der Waals surface area contributed by atoms with E-state index in [0.29, 0.717) is 18.4 Å². The van der Waals surface area contributed by atoms with Crippen molar-refractivity contribution in [2.75, 3.05) is 0 Å².